The second-order valence-electron chi connectivity index (χ2n) is 6.34. The Labute approximate surface area is 166 Å². The van der Waals surface area contributed by atoms with Crippen LogP contribution in [0.15, 0.2) is 42.5 Å². The fourth-order valence-corrected chi connectivity index (χ4v) is 2.89. The SMILES string of the molecule is COCC(C)OC(=O)CN1C(=O)C(c2ccccc2)Oc2ccc([N+](=O)[O-])nc21. The quantitative estimate of drug-likeness (QED) is 0.392. The molecule has 2 unspecified atom stereocenters. The van der Waals surface area contributed by atoms with Crippen molar-refractivity contribution in [3.05, 3.63) is 58.1 Å². The van der Waals surface area contributed by atoms with Gasteiger partial charge in [0.25, 0.3) is 11.7 Å². The van der Waals surface area contributed by atoms with E-state index >= 15 is 0 Å². The van der Waals surface area contributed by atoms with E-state index in [4.69, 9.17) is 14.2 Å². The van der Waals surface area contributed by atoms with Crippen LogP contribution in [0.3, 0.4) is 0 Å². The van der Waals surface area contributed by atoms with Gasteiger partial charge in [-0.05, 0) is 22.9 Å². The van der Waals surface area contributed by atoms with E-state index < -0.39 is 41.4 Å². The van der Waals surface area contributed by atoms with Gasteiger partial charge in [-0.15, -0.1) is 0 Å². The lowest BCUT2D eigenvalue weighted by Gasteiger charge is -2.31. The first kappa shape index (κ1) is 20.2. The molecule has 1 aromatic carbocycles. The summed E-state index contributed by atoms with van der Waals surface area (Å²) < 4.78 is 15.9. The molecule has 0 N–H and O–H groups in total. The average molecular weight is 401 g/mol. The zero-order chi connectivity index (χ0) is 21.0. The third-order valence-corrected chi connectivity index (χ3v) is 4.13. The number of hydrogen-bond acceptors (Lipinski definition) is 8. The standard InChI is InChI=1S/C19H19N3O7/c1-12(11-27-2)28-16(23)10-21-18-14(8-9-15(20-18)22(25)26)29-17(19(21)24)13-6-4-3-5-7-13/h3-9,12,17H,10-11H2,1-2H3. The van der Waals surface area contributed by atoms with E-state index in [0.29, 0.717) is 5.56 Å². The van der Waals surface area contributed by atoms with Gasteiger partial charge in [0, 0.05) is 18.7 Å². The minimum Gasteiger partial charge on any atom is -0.469 e. The van der Waals surface area contributed by atoms with Crippen LogP contribution in [0.25, 0.3) is 0 Å². The van der Waals surface area contributed by atoms with Gasteiger partial charge in [-0.25, -0.2) is 0 Å². The minimum atomic E-state index is -1.02. The monoisotopic (exact) mass is 401 g/mol. The normalized spacial score (nSPS) is 16.6. The molecule has 10 heteroatoms. The fourth-order valence-electron chi connectivity index (χ4n) is 2.89. The molecule has 2 heterocycles. The van der Waals surface area contributed by atoms with Crippen LogP contribution in [-0.4, -0.2) is 48.1 Å². The number of anilines is 1. The summed E-state index contributed by atoms with van der Waals surface area (Å²) in [6.45, 7) is 1.36. The molecular weight excluding hydrogens is 382 g/mol. The number of aromatic nitrogens is 1. The van der Waals surface area contributed by atoms with Crippen molar-refractivity contribution in [2.45, 2.75) is 19.1 Å². The van der Waals surface area contributed by atoms with E-state index in [0.717, 1.165) is 4.90 Å². The van der Waals surface area contributed by atoms with Crippen LogP contribution >= 0.6 is 0 Å². The average Bonchev–Trinajstić information content (AvgIpc) is 2.70. The molecule has 0 saturated carbocycles. The molecule has 1 aliphatic heterocycles. The van der Waals surface area contributed by atoms with Crippen molar-refractivity contribution >= 4 is 23.5 Å². The molecule has 0 fully saturated rings. The summed E-state index contributed by atoms with van der Waals surface area (Å²) in [6, 6.07) is 11.2. The van der Waals surface area contributed by atoms with E-state index in [2.05, 4.69) is 4.98 Å². The first-order valence-corrected chi connectivity index (χ1v) is 8.77. The van der Waals surface area contributed by atoms with Gasteiger partial charge in [0.1, 0.15) is 12.6 Å². The van der Waals surface area contributed by atoms with Gasteiger partial charge in [0.2, 0.25) is 6.10 Å². The Morgan fingerprint density at radius 2 is 2.03 bits per heavy atom. The molecule has 1 aliphatic rings. The number of rotatable bonds is 7. The molecule has 3 rings (SSSR count). The molecule has 2 aromatic rings. The maximum absolute atomic E-state index is 13.1. The number of hydrogen-bond donors (Lipinski definition) is 0. The topological polar surface area (TPSA) is 121 Å². The smallest absolute Gasteiger partial charge is 0.366 e. The number of esters is 1. The maximum atomic E-state index is 13.1. The summed E-state index contributed by atoms with van der Waals surface area (Å²) in [6.07, 6.45) is -1.54. The summed E-state index contributed by atoms with van der Waals surface area (Å²) in [5.74, 6) is -1.69. The number of carbonyl (C=O) groups excluding carboxylic acids is 2. The van der Waals surface area contributed by atoms with Crippen molar-refractivity contribution in [1.29, 1.82) is 0 Å². The molecule has 0 bridgehead atoms. The van der Waals surface area contributed by atoms with Gasteiger partial charge in [0.05, 0.1) is 6.61 Å². The fraction of sp³-hybridized carbons (Fsp3) is 0.316. The Bertz CT molecular complexity index is 919. The Hall–Kier alpha value is -3.53. The third kappa shape index (κ3) is 4.49. The number of ether oxygens (including phenoxy) is 3. The summed E-state index contributed by atoms with van der Waals surface area (Å²) >= 11 is 0. The summed E-state index contributed by atoms with van der Waals surface area (Å²) in [5, 5.41) is 11.1. The number of fused-ring (bicyclic) bond motifs is 1. The molecule has 2 atom stereocenters. The van der Waals surface area contributed by atoms with Crippen LogP contribution < -0.4 is 9.64 Å². The first-order valence-electron chi connectivity index (χ1n) is 8.77. The molecule has 10 nitrogen and oxygen atoms in total. The van der Waals surface area contributed by atoms with Gasteiger partial charge in [0.15, 0.2) is 5.75 Å². The van der Waals surface area contributed by atoms with Crippen LogP contribution in [0.5, 0.6) is 5.75 Å². The van der Waals surface area contributed by atoms with E-state index in [1.54, 1.807) is 37.3 Å². The predicted octanol–water partition coefficient (Wildman–Crippen LogP) is 2.03. The van der Waals surface area contributed by atoms with Crippen molar-refractivity contribution in [3.8, 4) is 5.75 Å². The second kappa shape index (κ2) is 8.65. The summed E-state index contributed by atoms with van der Waals surface area (Å²) in [5.41, 5.74) is 0.577. The highest BCUT2D eigenvalue weighted by Gasteiger charge is 2.41. The lowest BCUT2D eigenvalue weighted by atomic mass is 10.1. The van der Waals surface area contributed by atoms with E-state index in [1.807, 2.05) is 0 Å². The minimum absolute atomic E-state index is 0.104. The van der Waals surface area contributed by atoms with Gasteiger partial charge in [-0.3, -0.25) is 14.5 Å². The first-order chi connectivity index (χ1) is 13.9. The predicted molar refractivity (Wildman–Crippen MR) is 100 cm³/mol. The molecule has 0 saturated heterocycles. The lowest BCUT2D eigenvalue weighted by Crippen LogP contribution is -2.45. The van der Waals surface area contributed by atoms with E-state index in [9.17, 15) is 19.7 Å². The van der Waals surface area contributed by atoms with Crippen LogP contribution in [-0.2, 0) is 19.1 Å². The zero-order valence-corrected chi connectivity index (χ0v) is 15.8. The summed E-state index contributed by atoms with van der Waals surface area (Å²) in [7, 11) is 1.47. The van der Waals surface area contributed by atoms with Gasteiger partial charge in [-0.1, -0.05) is 30.3 Å². The van der Waals surface area contributed by atoms with E-state index in [-0.39, 0.29) is 18.2 Å². The van der Waals surface area contributed by atoms with Gasteiger partial charge in [-0.2, -0.15) is 0 Å². The van der Waals surface area contributed by atoms with Crippen molar-refractivity contribution < 1.29 is 28.7 Å². The molecule has 152 valence electrons. The highest BCUT2D eigenvalue weighted by molar-refractivity contribution is 6.02. The van der Waals surface area contributed by atoms with Crippen LogP contribution in [0.2, 0.25) is 0 Å². The zero-order valence-electron chi connectivity index (χ0n) is 15.8. The molecule has 1 aromatic heterocycles. The Morgan fingerprint density at radius 1 is 1.31 bits per heavy atom. The number of pyridine rings is 1. The Kier molecular flexibility index (Phi) is 6.03. The number of nitrogens with zero attached hydrogens (tertiary/aromatic N) is 3. The molecule has 0 radical (unpaired) electrons. The molecule has 0 aliphatic carbocycles. The highest BCUT2D eigenvalue weighted by Crippen LogP contribution is 2.38. The third-order valence-electron chi connectivity index (χ3n) is 4.13. The van der Waals surface area contributed by atoms with Crippen molar-refractivity contribution in [2.24, 2.45) is 0 Å². The number of benzene rings is 1. The Balaban J connectivity index is 1.94. The number of carbonyl (C=O) groups is 2. The van der Waals surface area contributed by atoms with Crippen LogP contribution in [0.4, 0.5) is 11.6 Å². The maximum Gasteiger partial charge on any atom is 0.366 e. The lowest BCUT2D eigenvalue weighted by molar-refractivity contribution is -0.389. The molecular formula is C19H19N3O7. The highest BCUT2D eigenvalue weighted by atomic mass is 16.6. The Morgan fingerprint density at radius 3 is 2.69 bits per heavy atom. The van der Waals surface area contributed by atoms with Crippen LogP contribution in [0, 0.1) is 10.1 Å². The largest absolute Gasteiger partial charge is 0.469 e. The molecule has 1 amide bonds. The van der Waals surface area contributed by atoms with Gasteiger partial charge >= 0.3 is 11.8 Å². The van der Waals surface area contributed by atoms with Crippen LogP contribution in [0.1, 0.15) is 18.6 Å². The summed E-state index contributed by atoms with van der Waals surface area (Å²) in [4.78, 5) is 40.8. The number of methoxy groups -OCH3 is 1. The number of nitro groups is 1. The molecule has 29 heavy (non-hydrogen) atoms. The van der Waals surface area contributed by atoms with Crippen molar-refractivity contribution in [3.63, 3.8) is 0 Å². The van der Waals surface area contributed by atoms with Crippen molar-refractivity contribution in [2.75, 3.05) is 25.2 Å². The second-order valence-corrected chi connectivity index (χ2v) is 6.34. The number of amides is 1. The van der Waals surface area contributed by atoms with E-state index in [1.165, 1.54) is 19.2 Å². The van der Waals surface area contributed by atoms with Gasteiger partial charge < -0.3 is 24.3 Å². The molecule has 0 spiro atoms. The van der Waals surface area contributed by atoms with Crippen molar-refractivity contribution in [1.82, 2.24) is 4.98 Å².